The third-order valence-electron chi connectivity index (χ3n) is 4.11. The number of nitrogens with zero attached hydrogens (tertiary/aromatic N) is 1. The van der Waals surface area contributed by atoms with Gasteiger partial charge in [0.05, 0.1) is 6.61 Å². The van der Waals surface area contributed by atoms with Gasteiger partial charge in [-0.2, -0.15) is 0 Å². The van der Waals surface area contributed by atoms with E-state index >= 15 is 0 Å². The van der Waals surface area contributed by atoms with Crippen LogP contribution in [0.3, 0.4) is 0 Å². The number of aliphatic hydroxyl groups excluding tert-OH is 1. The summed E-state index contributed by atoms with van der Waals surface area (Å²) in [5.41, 5.74) is 2.72. The predicted octanol–water partition coefficient (Wildman–Crippen LogP) is 2.36. The second-order valence-corrected chi connectivity index (χ2v) is 6.15. The number of hydrogen-bond acceptors (Lipinski definition) is 3. The molecule has 0 radical (unpaired) electrons. The van der Waals surface area contributed by atoms with Gasteiger partial charge in [-0.25, -0.2) is 0 Å². The zero-order valence-electron chi connectivity index (χ0n) is 12.8. The minimum absolute atomic E-state index is 0.233. The molecule has 1 aromatic rings. The third kappa shape index (κ3) is 4.58. The summed E-state index contributed by atoms with van der Waals surface area (Å²) in [5.74, 6) is 0.584. The first-order valence-corrected chi connectivity index (χ1v) is 7.84. The van der Waals surface area contributed by atoms with Crippen molar-refractivity contribution < 1.29 is 5.11 Å². The molecule has 1 unspecified atom stereocenters. The van der Waals surface area contributed by atoms with E-state index in [1.165, 1.54) is 24.0 Å². The Labute approximate surface area is 123 Å². The van der Waals surface area contributed by atoms with Crippen molar-refractivity contribution in [2.45, 2.75) is 45.2 Å². The fourth-order valence-electron chi connectivity index (χ4n) is 2.87. The first kappa shape index (κ1) is 15.5. The maximum absolute atomic E-state index is 9.24. The summed E-state index contributed by atoms with van der Waals surface area (Å²) in [7, 11) is 0. The molecule has 0 saturated carbocycles. The highest BCUT2D eigenvalue weighted by atomic mass is 16.3. The van der Waals surface area contributed by atoms with E-state index < -0.39 is 0 Å². The van der Waals surface area contributed by atoms with E-state index in [1.54, 1.807) is 0 Å². The van der Waals surface area contributed by atoms with Crippen molar-refractivity contribution >= 4 is 0 Å². The average molecular weight is 276 g/mol. The van der Waals surface area contributed by atoms with Gasteiger partial charge < -0.3 is 10.4 Å². The lowest BCUT2D eigenvalue weighted by Crippen LogP contribution is -2.38. The molecule has 1 aromatic carbocycles. The van der Waals surface area contributed by atoms with Crippen LogP contribution in [-0.2, 0) is 6.54 Å². The summed E-state index contributed by atoms with van der Waals surface area (Å²) in [6, 6.07) is 9.50. The molecule has 0 aromatic heterocycles. The van der Waals surface area contributed by atoms with E-state index in [4.69, 9.17) is 0 Å². The Morgan fingerprint density at radius 3 is 2.60 bits per heavy atom. The monoisotopic (exact) mass is 276 g/mol. The third-order valence-corrected chi connectivity index (χ3v) is 4.11. The molecular formula is C17H28N2O. The average Bonchev–Trinajstić information content (AvgIpc) is 2.92. The minimum atomic E-state index is 0.233. The van der Waals surface area contributed by atoms with Crippen molar-refractivity contribution in [3.05, 3.63) is 35.4 Å². The zero-order chi connectivity index (χ0) is 14.4. The van der Waals surface area contributed by atoms with Gasteiger partial charge >= 0.3 is 0 Å². The summed E-state index contributed by atoms with van der Waals surface area (Å²) in [5, 5.41) is 12.8. The van der Waals surface area contributed by atoms with Gasteiger partial charge in [-0.1, -0.05) is 38.1 Å². The van der Waals surface area contributed by atoms with Gasteiger partial charge in [-0.05, 0) is 36.4 Å². The van der Waals surface area contributed by atoms with Crippen molar-refractivity contribution in [3.63, 3.8) is 0 Å². The van der Waals surface area contributed by atoms with Crippen molar-refractivity contribution in [2.75, 3.05) is 26.2 Å². The van der Waals surface area contributed by atoms with Crippen LogP contribution in [0.2, 0.25) is 0 Å². The molecule has 0 amide bonds. The Kier molecular flexibility index (Phi) is 6.02. The van der Waals surface area contributed by atoms with Crippen molar-refractivity contribution in [2.24, 2.45) is 0 Å². The Morgan fingerprint density at radius 1 is 1.30 bits per heavy atom. The van der Waals surface area contributed by atoms with Gasteiger partial charge in [0.1, 0.15) is 0 Å². The lowest BCUT2D eigenvalue weighted by atomic mass is 10.0. The van der Waals surface area contributed by atoms with Crippen molar-refractivity contribution in [3.8, 4) is 0 Å². The molecule has 1 aliphatic heterocycles. The fraction of sp³-hybridized carbons (Fsp3) is 0.647. The summed E-state index contributed by atoms with van der Waals surface area (Å²) >= 11 is 0. The van der Waals surface area contributed by atoms with E-state index in [2.05, 4.69) is 48.3 Å². The summed E-state index contributed by atoms with van der Waals surface area (Å²) < 4.78 is 0. The number of nitrogens with one attached hydrogen (secondary N) is 1. The van der Waals surface area contributed by atoms with Crippen LogP contribution in [0.25, 0.3) is 0 Å². The summed E-state index contributed by atoms with van der Waals surface area (Å²) in [4.78, 5) is 2.35. The molecule has 0 spiro atoms. The molecule has 1 heterocycles. The van der Waals surface area contributed by atoms with Gasteiger partial charge in [0, 0.05) is 25.7 Å². The number of benzene rings is 1. The molecule has 0 aliphatic carbocycles. The fourth-order valence-corrected chi connectivity index (χ4v) is 2.87. The molecule has 1 atom stereocenters. The second-order valence-electron chi connectivity index (χ2n) is 6.15. The van der Waals surface area contributed by atoms with Crippen LogP contribution in [0.5, 0.6) is 0 Å². The van der Waals surface area contributed by atoms with Gasteiger partial charge in [0.2, 0.25) is 0 Å². The second kappa shape index (κ2) is 7.77. The van der Waals surface area contributed by atoms with Crippen LogP contribution in [0.1, 0.15) is 43.7 Å². The molecule has 0 bridgehead atoms. The van der Waals surface area contributed by atoms with Crippen molar-refractivity contribution in [1.82, 2.24) is 10.2 Å². The maximum atomic E-state index is 9.24. The Morgan fingerprint density at radius 2 is 2.05 bits per heavy atom. The smallest absolute Gasteiger partial charge is 0.0558 e. The number of hydrogen-bond donors (Lipinski definition) is 2. The molecule has 1 fully saturated rings. The lowest BCUT2D eigenvalue weighted by molar-refractivity contribution is 0.179. The molecule has 112 valence electrons. The minimum Gasteiger partial charge on any atom is -0.395 e. The van der Waals surface area contributed by atoms with Crippen LogP contribution in [0.4, 0.5) is 0 Å². The number of aliphatic hydroxyl groups is 1. The SMILES string of the molecule is CC(C)c1ccc(CN(CCO)CC2CCCN2)cc1. The normalized spacial score (nSPS) is 19.1. The molecule has 3 heteroatoms. The quantitative estimate of drug-likeness (QED) is 0.802. The van der Waals surface area contributed by atoms with E-state index in [-0.39, 0.29) is 6.61 Å². The molecule has 20 heavy (non-hydrogen) atoms. The van der Waals surface area contributed by atoms with Gasteiger partial charge in [-0.15, -0.1) is 0 Å². The van der Waals surface area contributed by atoms with Gasteiger partial charge in [0.25, 0.3) is 0 Å². The van der Waals surface area contributed by atoms with Crippen LogP contribution in [0, 0.1) is 0 Å². The van der Waals surface area contributed by atoms with E-state index in [0.717, 1.165) is 26.2 Å². The first-order chi connectivity index (χ1) is 9.69. The largest absolute Gasteiger partial charge is 0.395 e. The Balaban J connectivity index is 1.92. The van der Waals surface area contributed by atoms with Crippen LogP contribution in [0.15, 0.2) is 24.3 Å². The summed E-state index contributed by atoms with van der Waals surface area (Å²) in [6.07, 6.45) is 2.54. The molecule has 3 nitrogen and oxygen atoms in total. The molecule has 1 aliphatic rings. The maximum Gasteiger partial charge on any atom is 0.0558 e. The van der Waals surface area contributed by atoms with Crippen LogP contribution >= 0.6 is 0 Å². The zero-order valence-corrected chi connectivity index (χ0v) is 12.8. The molecule has 1 saturated heterocycles. The highest BCUT2D eigenvalue weighted by molar-refractivity contribution is 5.24. The Bertz CT molecular complexity index is 382. The Hall–Kier alpha value is -0.900. The van der Waals surface area contributed by atoms with Gasteiger partial charge in [-0.3, -0.25) is 4.90 Å². The predicted molar refractivity (Wildman–Crippen MR) is 83.9 cm³/mol. The topological polar surface area (TPSA) is 35.5 Å². The van der Waals surface area contributed by atoms with E-state index in [9.17, 15) is 5.11 Å². The first-order valence-electron chi connectivity index (χ1n) is 7.84. The highest BCUT2D eigenvalue weighted by Gasteiger charge is 2.17. The number of rotatable bonds is 7. The highest BCUT2D eigenvalue weighted by Crippen LogP contribution is 2.16. The van der Waals surface area contributed by atoms with Crippen LogP contribution < -0.4 is 5.32 Å². The molecule has 2 rings (SSSR count). The molecular weight excluding hydrogens is 248 g/mol. The van der Waals surface area contributed by atoms with Gasteiger partial charge in [0.15, 0.2) is 0 Å². The van der Waals surface area contributed by atoms with Crippen LogP contribution in [-0.4, -0.2) is 42.3 Å². The molecule has 2 N–H and O–H groups in total. The lowest BCUT2D eigenvalue weighted by Gasteiger charge is -2.25. The van der Waals surface area contributed by atoms with E-state index in [1.807, 2.05) is 0 Å². The standard InChI is InChI=1S/C17H28N2O/c1-14(2)16-7-5-15(6-8-16)12-19(10-11-20)13-17-4-3-9-18-17/h5-8,14,17-18,20H,3-4,9-13H2,1-2H3. The summed E-state index contributed by atoms with van der Waals surface area (Å²) in [6.45, 7) is 8.53. The van der Waals surface area contributed by atoms with E-state index in [0.29, 0.717) is 12.0 Å². The van der Waals surface area contributed by atoms with Crippen molar-refractivity contribution in [1.29, 1.82) is 0 Å².